The number of nitrogens with zero attached hydrogens (tertiary/aromatic N) is 4. The van der Waals surface area contributed by atoms with Crippen molar-refractivity contribution in [3.8, 4) is 11.5 Å². The van der Waals surface area contributed by atoms with Crippen molar-refractivity contribution in [3.05, 3.63) is 117 Å². The van der Waals surface area contributed by atoms with E-state index in [9.17, 15) is 23.3 Å². The van der Waals surface area contributed by atoms with E-state index in [2.05, 4.69) is 55.8 Å². The molecular weight excluding hydrogens is 806 g/mol. The van der Waals surface area contributed by atoms with Crippen LogP contribution in [0, 0.1) is 21.4 Å². The summed E-state index contributed by atoms with van der Waals surface area (Å²) in [6.07, 6.45) is 7.30. The van der Waals surface area contributed by atoms with Crippen molar-refractivity contribution < 1.29 is 27.6 Å². The number of nitro benzene ring substituents is 1. The van der Waals surface area contributed by atoms with E-state index in [0.29, 0.717) is 31.2 Å². The summed E-state index contributed by atoms with van der Waals surface area (Å²) in [6.45, 7) is 10.3. The highest BCUT2D eigenvalue weighted by molar-refractivity contribution is 7.90. The Hall–Kier alpha value is -5.48. The molecule has 16 heteroatoms. The summed E-state index contributed by atoms with van der Waals surface area (Å²) in [4.78, 5) is 37.0. The van der Waals surface area contributed by atoms with Crippen LogP contribution in [0.3, 0.4) is 0 Å². The average Bonchev–Trinajstić information content (AvgIpc) is 3.93. The van der Waals surface area contributed by atoms with Gasteiger partial charge >= 0.3 is 0 Å². The van der Waals surface area contributed by atoms with Gasteiger partial charge in [0.1, 0.15) is 22.8 Å². The molecule has 0 radical (unpaired) electrons. The highest BCUT2D eigenvalue weighted by Crippen LogP contribution is 2.43. The summed E-state index contributed by atoms with van der Waals surface area (Å²) < 4.78 is 41.0. The molecule has 2 fully saturated rings. The van der Waals surface area contributed by atoms with Crippen LogP contribution in [0.15, 0.2) is 95.7 Å². The number of fused-ring (bicyclic) bond motifs is 1. The van der Waals surface area contributed by atoms with E-state index in [1.54, 1.807) is 30.5 Å². The normalized spacial score (nSPS) is 18.4. The summed E-state index contributed by atoms with van der Waals surface area (Å²) in [5.41, 5.74) is 5.52. The van der Waals surface area contributed by atoms with Crippen LogP contribution in [0.1, 0.15) is 55.5 Å². The van der Waals surface area contributed by atoms with Crippen molar-refractivity contribution in [2.24, 2.45) is 11.3 Å². The highest BCUT2D eigenvalue weighted by Gasteiger charge is 2.31. The first-order chi connectivity index (χ1) is 28.8. The zero-order valence-electron chi connectivity index (χ0n) is 33.6. The highest BCUT2D eigenvalue weighted by atomic mass is 35.5. The van der Waals surface area contributed by atoms with E-state index in [1.807, 2.05) is 18.2 Å². The van der Waals surface area contributed by atoms with Crippen molar-refractivity contribution in [3.63, 3.8) is 0 Å². The Balaban J connectivity index is 1.01. The van der Waals surface area contributed by atoms with Gasteiger partial charge in [-0.3, -0.25) is 19.8 Å². The zero-order valence-corrected chi connectivity index (χ0v) is 35.2. The number of aromatic nitrogens is 2. The van der Waals surface area contributed by atoms with Crippen molar-refractivity contribution in [1.29, 1.82) is 0 Å². The van der Waals surface area contributed by atoms with Crippen LogP contribution in [0.5, 0.6) is 11.5 Å². The van der Waals surface area contributed by atoms with E-state index in [-0.39, 0.29) is 28.3 Å². The SMILES string of the molecule is CC1(C)CCC(CN2CCN(c3ccc(C(=O)NS(=O)(=O)c4ccc(NCC5CCOC5)c([N+](=O)[O-])c4)c(Oc4cnc5[nH]ccc5c4)c3)CC2)=C(c2ccc(Cl)cc2)C1. The fourth-order valence-electron chi connectivity index (χ4n) is 8.19. The van der Waals surface area contributed by atoms with Crippen LogP contribution >= 0.6 is 11.6 Å². The minimum atomic E-state index is -4.55. The number of amides is 1. The molecule has 1 amide bonds. The number of pyridine rings is 1. The van der Waals surface area contributed by atoms with E-state index in [0.717, 1.165) is 80.6 Å². The van der Waals surface area contributed by atoms with Crippen LogP contribution in [0.25, 0.3) is 16.6 Å². The van der Waals surface area contributed by atoms with Gasteiger partial charge in [0, 0.05) is 86.2 Å². The number of ether oxygens (including phenoxy) is 2. The summed E-state index contributed by atoms with van der Waals surface area (Å²) in [7, 11) is -4.55. The number of rotatable bonds is 13. The second kappa shape index (κ2) is 17.2. The summed E-state index contributed by atoms with van der Waals surface area (Å²) in [5, 5.41) is 16.6. The maximum absolute atomic E-state index is 13.9. The Morgan fingerprint density at radius 3 is 2.62 bits per heavy atom. The zero-order chi connectivity index (χ0) is 42.0. The van der Waals surface area contributed by atoms with E-state index < -0.39 is 31.4 Å². The third kappa shape index (κ3) is 9.44. The number of carbonyl (C=O) groups is 1. The largest absolute Gasteiger partial charge is 0.455 e. The third-order valence-corrected chi connectivity index (χ3v) is 13.2. The number of carbonyl (C=O) groups excluding carboxylic acids is 1. The topological polar surface area (TPSA) is 172 Å². The lowest BCUT2D eigenvalue weighted by Gasteiger charge is -2.39. The molecule has 0 saturated carbocycles. The number of aromatic amines is 1. The molecule has 2 saturated heterocycles. The molecule has 1 atom stereocenters. The van der Waals surface area contributed by atoms with Gasteiger partial charge in [0.05, 0.1) is 28.2 Å². The summed E-state index contributed by atoms with van der Waals surface area (Å²) in [6, 6.07) is 20.4. The van der Waals surface area contributed by atoms with E-state index in [4.69, 9.17) is 21.1 Å². The van der Waals surface area contributed by atoms with Crippen LogP contribution in [-0.4, -0.2) is 86.6 Å². The molecule has 60 heavy (non-hydrogen) atoms. The number of H-pyrrole nitrogens is 1. The molecular formula is C44H48ClN7O7S. The number of piperazine rings is 1. The Morgan fingerprint density at radius 2 is 1.87 bits per heavy atom. The number of anilines is 2. The predicted octanol–water partition coefficient (Wildman–Crippen LogP) is 8.27. The maximum atomic E-state index is 13.9. The van der Waals surface area contributed by atoms with Crippen LogP contribution in [0.2, 0.25) is 5.02 Å². The number of nitrogens with one attached hydrogen (secondary N) is 3. The molecule has 2 aromatic heterocycles. The lowest BCUT2D eigenvalue weighted by Crippen LogP contribution is -2.47. The molecule has 1 aliphatic carbocycles. The van der Waals surface area contributed by atoms with Crippen molar-refractivity contribution >= 4 is 61.2 Å². The van der Waals surface area contributed by atoms with Crippen LogP contribution < -0.4 is 19.7 Å². The second-order valence-corrected chi connectivity index (χ2v) is 18.7. The molecule has 3 N–H and O–H groups in total. The standard InChI is InChI=1S/C44H48ClN7O7S/c1-44(2)14-11-32(38(24-44)30-3-5-33(45)6-4-30)27-50-16-18-51(19-17-50)34-7-9-37(41(22-34)59-35-21-31-12-15-46-42(31)48-26-35)43(53)49-60(56,57)36-8-10-39(40(23-36)52(54)55)47-25-29-13-20-58-28-29/h3-10,12,15,21-23,26,29,47H,11,13-14,16-20,24-25,27-28H2,1-2H3,(H,46,48)(H,49,53). The van der Waals surface area contributed by atoms with E-state index in [1.165, 1.54) is 35.0 Å². The number of hydrogen-bond donors (Lipinski definition) is 3. The minimum Gasteiger partial charge on any atom is -0.455 e. The van der Waals surface area contributed by atoms with Gasteiger partial charge in [-0.25, -0.2) is 18.1 Å². The monoisotopic (exact) mass is 853 g/mol. The maximum Gasteiger partial charge on any atom is 0.293 e. The van der Waals surface area contributed by atoms with Crippen LogP contribution in [-0.2, 0) is 14.8 Å². The molecule has 5 aromatic rings. The lowest BCUT2D eigenvalue weighted by molar-refractivity contribution is -0.384. The molecule has 0 spiro atoms. The molecule has 14 nitrogen and oxygen atoms in total. The molecule has 0 bridgehead atoms. The summed E-state index contributed by atoms with van der Waals surface area (Å²) in [5.74, 6) is -0.288. The van der Waals surface area contributed by atoms with Gasteiger partial charge < -0.3 is 24.7 Å². The number of nitro groups is 1. The molecule has 2 aliphatic heterocycles. The number of benzene rings is 3. The number of hydrogen-bond acceptors (Lipinski definition) is 11. The Bertz CT molecular complexity index is 2550. The lowest BCUT2D eigenvalue weighted by atomic mass is 9.72. The third-order valence-electron chi connectivity index (χ3n) is 11.7. The minimum absolute atomic E-state index is 0.0383. The van der Waals surface area contributed by atoms with Gasteiger partial charge in [-0.1, -0.05) is 43.2 Å². The fourth-order valence-corrected chi connectivity index (χ4v) is 9.31. The molecule has 3 aliphatic rings. The second-order valence-electron chi connectivity index (χ2n) is 16.5. The predicted molar refractivity (Wildman–Crippen MR) is 232 cm³/mol. The first kappa shape index (κ1) is 41.3. The van der Waals surface area contributed by atoms with Gasteiger partial charge in [0.15, 0.2) is 0 Å². The van der Waals surface area contributed by atoms with Gasteiger partial charge in [-0.2, -0.15) is 0 Å². The van der Waals surface area contributed by atoms with Crippen LogP contribution in [0.4, 0.5) is 17.1 Å². The fraction of sp³-hybridized carbons (Fsp3) is 0.364. The Labute approximate surface area is 354 Å². The summed E-state index contributed by atoms with van der Waals surface area (Å²) >= 11 is 6.24. The number of allylic oxidation sites excluding steroid dienone is 1. The quantitative estimate of drug-likeness (QED) is 0.0769. The average molecular weight is 854 g/mol. The van der Waals surface area contributed by atoms with Gasteiger partial charge in [-0.05, 0) is 90.8 Å². The van der Waals surface area contributed by atoms with Crippen molar-refractivity contribution in [2.45, 2.75) is 44.4 Å². The van der Waals surface area contributed by atoms with Gasteiger partial charge in [0.25, 0.3) is 21.6 Å². The Morgan fingerprint density at radius 1 is 1.07 bits per heavy atom. The molecule has 314 valence electrons. The first-order valence-electron chi connectivity index (χ1n) is 20.2. The Kier molecular flexibility index (Phi) is 11.9. The van der Waals surface area contributed by atoms with Gasteiger partial charge in [0.2, 0.25) is 0 Å². The van der Waals surface area contributed by atoms with Crippen molar-refractivity contribution in [2.75, 3.05) is 62.7 Å². The number of halogens is 1. The molecule has 4 heterocycles. The first-order valence-corrected chi connectivity index (χ1v) is 22.0. The van der Waals surface area contributed by atoms with E-state index >= 15 is 0 Å². The molecule has 8 rings (SSSR count). The van der Waals surface area contributed by atoms with Gasteiger partial charge in [-0.15, -0.1) is 0 Å². The molecule has 3 aromatic carbocycles. The van der Waals surface area contributed by atoms with Crippen molar-refractivity contribution in [1.82, 2.24) is 19.6 Å². The molecule has 1 unspecified atom stereocenters. The number of sulfonamides is 1. The smallest absolute Gasteiger partial charge is 0.293 e.